The van der Waals surface area contributed by atoms with Gasteiger partial charge in [0.25, 0.3) is 0 Å². The third-order valence-corrected chi connectivity index (χ3v) is 5.04. The van der Waals surface area contributed by atoms with Crippen LogP contribution in [0.1, 0.15) is 45.6 Å². The molecule has 9 nitrogen and oxygen atoms in total. The lowest BCUT2D eigenvalue weighted by Crippen LogP contribution is -2.56. The highest BCUT2D eigenvalue weighted by Gasteiger charge is 2.45. The van der Waals surface area contributed by atoms with Gasteiger partial charge < -0.3 is 25.8 Å². The number of rotatable bonds is 6. The van der Waals surface area contributed by atoms with Crippen LogP contribution in [0.2, 0.25) is 0 Å². The molecule has 1 fully saturated rings. The number of amides is 3. The minimum atomic E-state index is -1.42. The van der Waals surface area contributed by atoms with E-state index in [4.69, 9.17) is 10.5 Å². The predicted molar refractivity (Wildman–Crippen MR) is 109 cm³/mol. The number of nitrogens with one attached hydrogen (secondary N) is 1. The number of aliphatic carboxylic acids is 1. The van der Waals surface area contributed by atoms with Crippen molar-refractivity contribution >= 4 is 23.9 Å². The topological polar surface area (TPSA) is 139 Å². The Morgan fingerprint density at radius 3 is 2.20 bits per heavy atom. The molecule has 0 aromatic heterocycles. The van der Waals surface area contributed by atoms with Gasteiger partial charge in [0, 0.05) is 13.1 Å². The van der Waals surface area contributed by atoms with Crippen LogP contribution in [0.25, 0.3) is 0 Å². The van der Waals surface area contributed by atoms with Crippen LogP contribution in [-0.4, -0.2) is 58.6 Å². The van der Waals surface area contributed by atoms with Gasteiger partial charge in [0.05, 0.1) is 11.8 Å². The Balaban J connectivity index is 2.25. The van der Waals surface area contributed by atoms with Crippen LogP contribution in [0.3, 0.4) is 0 Å². The van der Waals surface area contributed by atoms with Crippen LogP contribution in [0.5, 0.6) is 0 Å². The summed E-state index contributed by atoms with van der Waals surface area (Å²) in [6.45, 7) is 5.87. The number of likely N-dealkylation sites (tertiary alicyclic amines) is 1. The van der Waals surface area contributed by atoms with Gasteiger partial charge in [-0.25, -0.2) is 9.59 Å². The average molecular weight is 419 g/mol. The van der Waals surface area contributed by atoms with Gasteiger partial charge in [0.15, 0.2) is 0 Å². The molecule has 9 heteroatoms. The van der Waals surface area contributed by atoms with Crippen molar-refractivity contribution in [1.29, 1.82) is 0 Å². The number of nitrogens with zero attached hydrogens (tertiary/aromatic N) is 1. The fraction of sp³-hybridized carbons (Fsp3) is 0.524. The summed E-state index contributed by atoms with van der Waals surface area (Å²) in [6, 6.07) is 7.59. The highest BCUT2D eigenvalue weighted by atomic mass is 16.6. The number of primary amides is 1. The first kappa shape index (κ1) is 23.2. The lowest BCUT2D eigenvalue weighted by molar-refractivity contribution is -0.144. The van der Waals surface area contributed by atoms with E-state index >= 15 is 0 Å². The van der Waals surface area contributed by atoms with Crippen molar-refractivity contribution in [2.45, 2.75) is 57.1 Å². The second-order valence-corrected chi connectivity index (χ2v) is 8.45. The summed E-state index contributed by atoms with van der Waals surface area (Å²) in [5.74, 6) is -2.67. The number of nitrogens with two attached hydrogens (primary N) is 1. The van der Waals surface area contributed by atoms with E-state index in [9.17, 15) is 24.3 Å². The predicted octanol–water partition coefficient (Wildman–Crippen LogP) is 1.40. The van der Waals surface area contributed by atoms with Crippen molar-refractivity contribution in [3.05, 3.63) is 35.9 Å². The Hall–Kier alpha value is -3.10. The molecule has 0 radical (unpaired) electrons. The number of carboxylic acid groups (broad SMARTS) is 1. The Morgan fingerprint density at radius 2 is 1.73 bits per heavy atom. The van der Waals surface area contributed by atoms with E-state index in [1.807, 2.05) is 6.07 Å². The molecular formula is C21H29N3O6. The Labute approximate surface area is 175 Å². The second-order valence-electron chi connectivity index (χ2n) is 8.45. The first-order valence-electron chi connectivity index (χ1n) is 9.80. The van der Waals surface area contributed by atoms with Crippen molar-refractivity contribution in [2.24, 2.45) is 5.73 Å². The molecule has 1 saturated heterocycles. The largest absolute Gasteiger partial charge is 0.480 e. The SMILES string of the molecule is CC(C)(C)OC(=O)N1CCC(C(=O)NC(CC(N)=O)C(=O)O)(c2ccccc2)CC1. The number of ether oxygens (including phenoxy) is 1. The van der Waals surface area contributed by atoms with Gasteiger partial charge in [-0.2, -0.15) is 0 Å². The fourth-order valence-corrected chi connectivity index (χ4v) is 3.50. The third-order valence-electron chi connectivity index (χ3n) is 5.04. The van der Waals surface area contributed by atoms with Gasteiger partial charge in [0.2, 0.25) is 11.8 Å². The molecule has 0 aliphatic carbocycles. The maximum absolute atomic E-state index is 13.3. The Morgan fingerprint density at radius 1 is 1.17 bits per heavy atom. The molecule has 1 heterocycles. The summed E-state index contributed by atoms with van der Waals surface area (Å²) in [4.78, 5) is 49.9. The van der Waals surface area contributed by atoms with Crippen LogP contribution >= 0.6 is 0 Å². The van der Waals surface area contributed by atoms with Gasteiger partial charge in [-0.05, 0) is 39.2 Å². The van der Waals surface area contributed by atoms with E-state index in [-0.39, 0.29) is 25.9 Å². The molecule has 1 aromatic carbocycles. The molecule has 0 bridgehead atoms. The lowest BCUT2D eigenvalue weighted by atomic mass is 9.72. The minimum absolute atomic E-state index is 0.269. The van der Waals surface area contributed by atoms with Crippen molar-refractivity contribution in [3.8, 4) is 0 Å². The van der Waals surface area contributed by atoms with Crippen LogP contribution in [0, 0.1) is 0 Å². The van der Waals surface area contributed by atoms with Gasteiger partial charge in [-0.15, -0.1) is 0 Å². The lowest BCUT2D eigenvalue weighted by Gasteiger charge is -2.41. The Bertz CT molecular complexity index is 795. The first-order chi connectivity index (χ1) is 13.9. The van der Waals surface area contributed by atoms with Gasteiger partial charge in [-0.3, -0.25) is 9.59 Å². The average Bonchev–Trinajstić information content (AvgIpc) is 2.66. The van der Waals surface area contributed by atoms with E-state index in [0.29, 0.717) is 0 Å². The molecule has 1 aliphatic rings. The quantitative estimate of drug-likeness (QED) is 0.637. The van der Waals surface area contributed by atoms with E-state index in [0.717, 1.165) is 5.56 Å². The molecular weight excluding hydrogens is 390 g/mol. The zero-order valence-corrected chi connectivity index (χ0v) is 17.5. The Kier molecular flexibility index (Phi) is 7.07. The van der Waals surface area contributed by atoms with Crippen molar-refractivity contribution in [2.75, 3.05) is 13.1 Å². The highest BCUT2D eigenvalue weighted by molar-refractivity contribution is 5.93. The maximum Gasteiger partial charge on any atom is 0.410 e. The second kappa shape index (κ2) is 9.15. The summed E-state index contributed by atoms with van der Waals surface area (Å²) >= 11 is 0. The molecule has 1 aliphatic heterocycles. The smallest absolute Gasteiger partial charge is 0.410 e. The zero-order valence-electron chi connectivity index (χ0n) is 17.5. The molecule has 0 saturated carbocycles. The monoisotopic (exact) mass is 419 g/mol. The summed E-state index contributed by atoms with van der Waals surface area (Å²) in [6.07, 6.45) is -0.395. The van der Waals surface area contributed by atoms with Gasteiger partial charge >= 0.3 is 12.1 Å². The number of carbonyl (C=O) groups is 4. The van der Waals surface area contributed by atoms with E-state index < -0.39 is 47.4 Å². The van der Waals surface area contributed by atoms with Gasteiger partial charge in [-0.1, -0.05) is 30.3 Å². The van der Waals surface area contributed by atoms with Crippen LogP contribution in [0.15, 0.2) is 30.3 Å². The molecule has 4 N–H and O–H groups in total. The van der Waals surface area contributed by atoms with Crippen molar-refractivity contribution < 1.29 is 29.0 Å². The standard InChI is InChI=1S/C21H29N3O6/c1-20(2,3)30-19(29)24-11-9-21(10-12-24,14-7-5-4-6-8-14)18(28)23-15(17(26)27)13-16(22)25/h4-8,15H,9-13H2,1-3H3,(H2,22,25)(H,23,28)(H,26,27). The van der Waals surface area contributed by atoms with E-state index in [1.165, 1.54) is 4.90 Å². The molecule has 30 heavy (non-hydrogen) atoms. The van der Waals surface area contributed by atoms with Crippen LogP contribution in [-0.2, 0) is 24.5 Å². The number of carbonyl (C=O) groups excluding carboxylic acids is 3. The number of hydrogen-bond donors (Lipinski definition) is 3. The molecule has 1 atom stereocenters. The number of carboxylic acids is 1. The minimum Gasteiger partial charge on any atom is -0.480 e. The number of benzene rings is 1. The molecule has 3 amide bonds. The normalized spacial score (nSPS) is 17.0. The molecule has 1 unspecified atom stereocenters. The van der Waals surface area contributed by atoms with Crippen molar-refractivity contribution in [3.63, 3.8) is 0 Å². The summed E-state index contributed by atoms with van der Waals surface area (Å²) in [5, 5.41) is 11.8. The first-order valence-corrected chi connectivity index (χ1v) is 9.80. The summed E-state index contributed by atoms with van der Waals surface area (Å²) in [5.41, 5.74) is 4.17. The van der Waals surface area contributed by atoms with Crippen LogP contribution in [0.4, 0.5) is 4.79 Å². The number of piperidine rings is 1. The van der Waals surface area contributed by atoms with Gasteiger partial charge in [0.1, 0.15) is 11.6 Å². The molecule has 1 aromatic rings. The zero-order chi connectivity index (χ0) is 22.5. The highest BCUT2D eigenvalue weighted by Crippen LogP contribution is 2.36. The summed E-state index contributed by atoms with van der Waals surface area (Å²) in [7, 11) is 0. The third kappa shape index (κ3) is 5.71. The number of hydrogen-bond acceptors (Lipinski definition) is 5. The molecule has 164 valence electrons. The van der Waals surface area contributed by atoms with Crippen LogP contribution < -0.4 is 11.1 Å². The molecule has 0 spiro atoms. The summed E-state index contributed by atoms with van der Waals surface area (Å²) < 4.78 is 5.41. The molecule has 2 rings (SSSR count). The fourth-order valence-electron chi connectivity index (χ4n) is 3.50. The van der Waals surface area contributed by atoms with Crippen molar-refractivity contribution in [1.82, 2.24) is 10.2 Å². The van der Waals surface area contributed by atoms with E-state index in [1.54, 1.807) is 45.0 Å². The van der Waals surface area contributed by atoms with E-state index in [2.05, 4.69) is 5.32 Å². The maximum atomic E-state index is 13.3.